The molecule has 2 rings (SSSR count). The van der Waals surface area contributed by atoms with Crippen LogP contribution in [0, 0.1) is 12.3 Å². The smallest absolute Gasteiger partial charge is 0.225 e. The van der Waals surface area contributed by atoms with Crippen molar-refractivity contribution < 1.29 is 4.79 Å². The Morgan fingerprint density at radius 1 is 1.12 bits per heavy atom. The highest BCUT2D eigenvalue weighted by Gasteiger charge is 2.27. The van der Waals surface area contributed by atoms with Crippen molar-refractivity contribution in [1.82, 2.24) is 5.32 Å². The summed E-state index contributed by atoms with van der Waals surface area (Å²) in [4.78, 5) is 13.8. The molecule has 0 spiro atoms. The molecule has 0 radical (unpaired) electrons. The zero-order valence-corrected chi connectivity index (χ0v) is 17.6. The number of amides is 1. The van der Waals surface area contributed by atoms with E-state index in [1.165, 1.54) is 21.6 Å². The van der Waals surface area contributed by atoms with Crippen LogP contribution >= 0.6 is 11.8 Å². The van der Waals surface area contributed by atoms with Crippen LogP contribution in [-0.2, 0) is 11.2 Å². The molecule has 140 valence electrons. The fourth-order valence-electron chi connectivity index (χ4n) is 2.96. The highest BCUT2D eigenvalue weighted by atomic mass is 32.2. The van der Waals surface area contributed by atoms with E-state index in [4.69, 9.17) is 0 Å². The average Bonchev–Trinajstić information content (AvgIpc) is 2.60. The Hall–Kier alpha value is -1.74. The average molecular weight is 370 g/mol. The molecule has 0 saturated carbocycles. The summed E-state index contributed by atoms with van der Waals surface area (Å²) >= 11 is 1.75. The molecule has 2 aromatic rings. The first-order valence-electron chi connectivity index (χ1n) is 9.21. The van der Waals surface area contributed by atoms with Gasteiger partial charge in [0, 0.05) is 22.3 Å². The van der Waals surface area contributed by atoms with E-state index in [1.54, 1.807) is 11.8 Å². The summed E-state index contributed by atoms with van der Waals surface area (Å²) in [7, 11) is 0. The van der Waals surface area contributed by atoms with Gasteiger partial charge in [0.05, 0.1) is 0 Å². The first kappa shape index (κ1) is 20.6. The highest BCUT2D eigenvalue weighted by molar-refractivity contribution is 7.98. The third-order valence-electron chi connectivity index (χ3n) is 4.74. The molecule has 0 aliphatic carbocycles. The Morgan fingerprint density at radius 3 is 2.35 bits per heavy atom. The zero-order valence-electron chi connectivity index (χ0n) is 16.8. The van der Waals surface area contributed by atoms with Crippen LogP contribution in [0.1, 0.15) is 50.3 Å². The SMILES string of the molecule is CSc1cccc(C(Cc2ccc(C)cc2)C(C)NC(=O)C(C)(C)C)c1. The predicted molar refractivity (Wildman–Crippen MR) is 113 cm³/mol. The lowest BCUT2D eigenvalue weighted by Gasteiger charge is -2.29. The quantitative estimate of drug-likeness (QED) is 0.672. The molecule has 1 amide bonds. The Morgan fingerprint density at radius 2 is 1.77 bits per heavy atom. The van der Waals surface area contributed by atoms with Gasteiger partial charge in [-0.1, -0.05) is 62.7 Å². The van der Waals surface area contributed by atoms with Gasteiger partial charge < -0.3 is 5.32 Å². The van der Waals surface area contributed by atoms with Crippen molar-refractivity contribution in [2.75, 3.05) is 6.26 Å². The third-order valence-corrected chi connectivity index (χ3v) is 5.47. The van der Waals surface area contributed by atoms with E-state index in [1.807, 2.05) is 20.8 Å². The van der Waals surface area contributed by atoms with Crippen molar-refractivity contribution in [3.8, 4) is 0 Å². The number of benzene rings is 2. The summed E-state index contributed by atoms with van der Waals surface area (Å²) in [6, 6.07) is 17.4. The van der Waals surface area contributed by atoms with Gasteiger partial charge in [0.15, 0.2) is 0 Å². The standard InChI is InChI=1S/C23H31NOS/c1-16-10-12-18(13-11-16)14-21(17(2)24-22(25)23(3,4)5)19-8-7-9-20(15-19)26-6/h7-13,15,17,21H,14H2,1-6H3,(H,24,25). The predicted octanol–water partition coefficient (Wildman–Crippen LogP) is 5.59. The molecule has 2 unspecified atom stereocenters. The normalized spacial score (nSPS) is 13.9. The summed E-state index contributed by atoms with van der Waals surface area (Å²) in [5, 5.41) is 3.24. The molecule has 0 aliphatic heterocycles. The largest absolute Gasteiger partial charge is 0.353 e. The number of hydrogen-bond donors (Lipinski definition) is 1. The second kappa shape index (κ2) is 8.77. The molecule has 1 N–H and O–H groups in total. The lowest BCUT2D eigenvalue weighted by molar-refractivity contribution is -0.129. The van der Waals surface area contributed by atoms with Gasteiger partial charge in [-0.3, -0.25) is 4.79 Å². The summed E-state index contributed by atoms with van der Waals surface area (Å²) in [5.41, 5.74) is 3.46. The minimum Gasteiger partial charge on any atom is -0.353 e. The number of rotatable bonds is 6. The number of carbonyl (C=O) groups is 1. The van der Waals surface area contributed by atoms with Gasteiger partial charge in [-0.15, -0.1) is 11.8 Å². The van der Waals surface area contributed by atoms with E-state index in [-0.39, 0.29) is 23.3 Å². The fraction of sp³-hybridized carbons (Fsp3) is 0.435. The topological polar surface area (TPSA) is 29.1 Å². The second-order valence-electron chi connectivity index (χ2n) is 8.08. The molecule has 0 aromatic heterocycles. The lowest BCUT2D eigenvalue weighted by atomic mass is 9.85. The summed E-state index contributed by atoms with van der Waals surface area (Å²) in [6.45, 7) is 10.1. The van der Waals surface area contributed by atoms with Crippen LogP contribution in [0.25, 0.3) is 0 Å². The molecule has 0 saturated heterocycles. The molecule has 0 bridgehead atoms. The number of thioether (sulfide) groups is 1. The molecule has 2 aromatic carbocycles. The van der Waals surface area contributed by atoms with E-state index < -0.39 is 0 Å². The van der Waals surface area contributed by atoms with Gasteiger partial charge in [0.2, 0.25) is 5.91 Å². The maximum Gasteiger partial charge on any atom is 0.225 e. The van der Waals surface area contributed by atoms with Crippen LogP contribution in [0.5, 0.6) is 0 Å². The van der Waals surface area contributed by atoms with Crippen LogP contribution in [0.15, 0.2) is 53.4 Å². The lowest BCUT2D eigenvalue weighted by Crippen LogP contribution is -2.43. The van der Waals surface area contributed by atoms with Gasteiger partial charge in [-0.25, -0.2) is 0 Å². The van der Waals surface area contributed by atoms with Crippen LogP contribution < -0.4 is 5.32 Å². The molecule has 26 heavy (non-hydrogen) atoms. The van der Waals surface area contributed by atoms with Crippen LogP contribution in [-0.4, -0.2) is 18.2 Å². The Bertz CT molecular complexity index is 731. The maximum atomic E-state index is 12.5. The molecule has 2 atom stereocenters. The third kappa shape index (κ3) is 5.63. The summed E-state index contributed by atoms with van der Waals surface area (Å²) in [6.07, 6.45) is 3.00. The van der Waals surface area contributed by atoms with Gasteiger partial charge in [0.25, 0.3) is 0 Å². The number of carbonyl (C=O) groups excluding carboxylic acids is 1. The first-order valence-corrected chi connectivity index (χ1v) is 10.4. The molecular weight excluding hydrogens is 338 g/mol. The number of hydrogen-bond acceptors (Lipinski definition) is 2. The van der Waals surface area contributed by atoms with Crippen molar-refractivity contribution >= 4 is 17.7 Å². The minimum atomic E-state index is -0.385. The van der Waals surface area contributed by atoms with E-state index in [2.05, 4.69) is 74.0 Å². The van der Waals surface area contributed by atoms with Gasteiger partial charge >= 0.3 is 0 Å². The van der Waals surface area contributed by atoms with Crippen LogP contribution in [0.2, 0.25) is 0 Å². The Kier molecular flexibility index (Phi) is 6.94. The van der Waals surface area contributed by atoms with E-state index in [0.29, 0.717) is 0 Å². The second-order valence-corrected chi connectivity index (χ2v) is 8.96. The minimum absolute atomic E-state index is 0.0557. The van der Waals surface area contributed by atoms with Crippen molar-refractivity contribution in [1.29, 1.82) is 0 Å². The van der Waals surface area contributed by atoms with Crippen LogP contribution in [0.3, 0.4) is 0 Å². The Balaban J connectivity index is 2.30. The number of nitrogens with one attached hydrogen (secondary N) is 1. The zero-order chi connectivity index (χ0) is 19.3. The van der Waals surface area contributed by atoms with Crippen molar-refractivity contribution in [3.05, 3.63) is 65.2 Å². The monoisotopic (exact) mass is 369 g/mol. The molecule has 3 heteroatoms. The molecule has 2 nitrogen and oxygen atoms in total. The van der Waals surface area contributed by atoms with Gasteiger partial charge in [-0.05, 0) is 49.8 Å². The molecule has 0 aliphatic rings. The van der Waals surface area contributed by atoms with Crippen molar-refractivity contribution in [2.24, 2.45) is 5.41 Å². The highest BCUT2D eigenvalue weighted by Crippen LogP contribution is 2.28. The Labute approximate surface area is 162 Å². The van der Waals surface area contributed by atoms with Gasteiger partial charge in [-0.2, -0.15) is 0 Å². The van der Waals surface area contributed by atoms with Crippen molar-refractivity contribution in [3.63, 3.8) is 0 Å². The molecule has 0 fully saturated rings. The summed E-state index contributed by atoms with van der Waals surface area (Å²) in [5.74, 6) is 0.330. The van der Waals surface area contributed by atoms with E-state index in [9.17, 15) is 4.79 Å². The van der Waals surface area contributed by atoms with Crippen molar-refractivity contribution in [2.45, 2.75) is 57.9 Å². The maximum absolute atomic E-state index is 12.5. The molecule has 0 heterocycles. The fourth-order valence-corrected chi connectivity index (χ4v) is 3.43. The summed E-state index contributed by atoms with van der Waals surface area (Å²) < 4.78 is 0. The van der Waals surface area contributed by atoms with E-state index in [0.717, 1.165) is 6.42 Å². The number of aryl methyl sites for hydroxylation is 1. The van der Waals surface area contributed by atoms with Crippen LogP contribution in [0.4, 0.5) is 0 Å². The van der Waals surface area contributed by atoms with Gasteiger partial charge in [0.1, 0.15) is 0 Å². The van der Waals surface area contributed by atoms with E-state index >= 15 is 0 Å². The molecular formula is C23H31NOS. The first-order chi connectivity index (χ1) is 12.2.